The summed E-state index contributed by atoms with van der Waals surface area (Å²) in [6.07, 6.45) is 9.66. The zero-order chi connectivity index (χ0) is 17.5. The van der Waals surface area contributed by atoms with Gasteiger partial charge in [-0.2, -0.15) is 5.10 Å². The Hall–Kier alpha value is -1.63. The third-order valence-electron chi connectivity index (χ3n) is 5.29. The van der Waals surface area contributed by atoms with Crippen LogP contribution >= 0.6 is 0 Å². The first-order valence-electron chi connectivity index (χ1n) is 9.74. The molecule has 2 heterocycles. The molecule has 1 N–H and O–H groups in total. The lowest BCUT2D eigenvalue weighted by atomic mass is 10.1. The number of likely N-dealkylation sites (tertiary alicyclic amines) is 1. The normalized spacial score (nSPS) is 20.4. The third kappa shape index (κ3) is 5.17. The molecule has 0 unspecified atom stereocenters. The minimum Gasteiger partial charge on any atom is -0.378 e. The Labute approximate surface area is 150 Å². The van der Waals surface area contributed by atoms with E-state index in [1.807, 2.05) is 7.05 Å². The summed E-state index contributed by atoms with van der Waals surface area (Å²) in [5.41, 5.74) is 0. The molecule has 7 heteroatoms. The Morgan fingerprint density at radius 3 is 2.68 bits per heavy atom. The van der Waals surface area contributed by atoms with Crippen LogP contribution in [0.4, 0.5) is 0 Å². The van der Waals surface area contributed by atoms with Gasteiger partial charge in [0.15, 0.2) is 5.96 Å². The van der Waals surface area contributed by atoms with Gasteiger partial charge < -0.3 is 15.0 Å². The van der Waals surface area contributed by atoms with Crippen molar-refractivity contribution in [2.75, 3.05) is 26.2 Å². The van der Waals surface area contributed by atoms with Crippen LogP contribution in [0.25, 0.3) is 0 Å². The number of aromatic nitrogens is 3. The van der Waals surface area contributed by atoms with Gasteiger partial charge in [-0.1, -0.05) is 12.8 Å². The van der Waals surface area contributed by atoms with E-state index in [0.717, 1.165) is 56.8 Å². The van der Waals surface area contributed by atoms with Crippen molar-refractivity contribution in [3.63, 3.8) is 0 Å². The maximum absolute atomic E-state index is 6.18. The average molecular weight is 348 g/mol. The average Bonchev–Trinajstić information content (AvgIpc) is 3.29. The summed E-state index contributed by atoms with van der Waals surface area (Å²) < 4.78 is 7.95. The number of nitrogens with zero attached hydrogens (tertiary/aromatic N) is 5. The van der Waals surface area contributed by atoms with Crippen molar-refractivity contribution in [3.8, 4) is 0 Å². The fourth-order valence-electron chi connectivity index (χ4n) is 3.72. The molecule has 0 atom stereocenters. The lowest BCUT2D eigenvalue weighted by Gasteiger charge is -2.34. The van der Waals surface area contributed by atoms with E-state index in [4.69, 9.17) is 9.73 Å². The van der Waals surface area contributed by atoms with Crippen LogP contribution in [0.1, 0.15) is 51.3 Å². The highest BCUT2D eigenvalue weighted by Crippen LogP contribution is 2.26. The van der Waals surface area contributed by atoms with Crippen LogP contribution in [0.2, 0.25) is 0 Å². The number of nitrogens with one attached hydrogen (secondary N) is 1. The quantitative estimate of drug-likeness (QED) is 0.629. The first kappa shape index (κ1) is 18.2. The second-order valence-corrected chi connectivity index (χ2v) is 7.14. The van der Waals surface area contributed by atoms with E-state index < -0.39 is 0 Å². The summed E-state index contributed by atoms with van der Waals surface area (Å²) in [7, 11) is 1.90. The second kappa shape index (κ2) is 9.17. The van der Waals surface area contributed by atoms with Crippen LogP contribution in [0, 0.1) is 5.92 Å². The molecule has 0 spiro atoms. The first-order chi connectivity index (χ1) is 12.3. The molecule has 1 aromatic rings. The van der Waals surface area contributed by atoms with Crippen molar-refractivity contribution in [2.24, 2.45) is 18.0 Å². The van der Waals surface area contributed by atoms with Gasteiger partial charge in [0.2, 0.25) is 0 Å². The predicted molar refractivity (Wildman–Crippen MR) is 98.3 cm³/mol. The minimum atomic E-state index is 0.415. The van der Waals surface area contributed by atoms with E-state index in [1.165, 1.54) is 25.7 Å². The molecule has 0 aromatic carbocycles. The number of guanidine groups is 1. The van der Waals surface area contributed by atoms with Gasteiger partial charge in [0.1, 0.15) is 18.7 Å². The van der Waals surface area contributed by atoms with Crippen LogP contribution < -0.4 is 5.32 Å². The summed E-state index contributed by atoms with van der Waals surface area (Å²) in [4.78, 5) is 11.3. The molecule has 140 valence electrons. The summed E-state index contributed by atoms with van der Waals surface area (Å²) in [5, 5.41) is 7.51. The zero-order valence-electron chi connectivity index (χ0n) is 15.7. The largest absolute Gasteiger partial charge is 0.378 e. The van der Waals surface area contributed by atoms with Crippen LogP contribution in [0.3, 0.4) is 0 Å². The highest BCUT2D eigenvalue weighted by molar-refractivity contribution is 5.80. The topological polar surface area (TPSA) is 67.6 Å². The number of piperidine rings is 1. The van der Waals surface area contributed by atoms with Crippen molar-refractivity contribution in [1.29, 1.82) is 0 Å². The number of aliphatic imine (C=N–C) groups is 1. The molecule has 2 aliphatic rings. The zero-order valence-corrected chi connectivity index (χ0v) is 15.7. The van der Waals surface area contributed by atoms with Crippen LogP contribution in [0.15, 0.2) is 11.3 Å². The summed E-state index contributed by atoms with van der Waals surface area (Å²) >= 11 is 0. The smallest absolute Gasteiger partial charge is 0.194 e. The maximum atomic E-state index is 6.18. The summed E-state index contributed by atoms with van der Waals surface area (Å²) in [6, 6.07) is 0. The molecule has 2 fully saturated rings. The SMILES string of the molecule is CCNC(=NCc1ncnn1C)N1CCC(OCC2CCCC2)CC1. The van der Waals surface area contributed by atoms with Gasteiger partial charge >= 0.3 is 0 Å². The molecule has 0 radical (unpaired) electrons. The second-order valence-electron chi connectivity index (χ2n) is 7.14. The molecule has 1 aliphatic carbocycles. The predicted octanol–water partition coefficient (Wildman–Crippen LogP) is 1.95. The monoisotopic (exact) mass is 348 g/mol. The molecule has 1 saturated heterocycles. The van der Waals surface area contributed by atoms with Crippen molar-refractivity contribution >= 4 is 5.96 Å². The fourth-order valence-corrected chi connectivity index (χ4v) is 3.72. The van der Waals surface area contributed by atoms with Gasteiger partial charge in [-0.3, -0.25) is 4.68 Å². The Morgan fingerprint density at radius 2 is 2.04 bits per heavy atom. The Kier molecular flexibility index (Phi) is 6.67. The molecule has 7 nitrogen and oxygen atoms in total. The van der Waals surface area contributed by atoms with Gasteiger partial charge in [-0.25, -0.2) is 9.98 Å². The Morgan fingerprint density at radius 1 is 1.28 bits per heavy atom. The highest BCUT2D eigenvalue weighted by atomic mass is 16.5. The van der Waals surface area contributed by atoms with Crippen molar-refractivity contribution in [3.05, 3.63) is 12.2 Å². The fraction of sp³-hybridized carbons (Fsp3) is 0.833. The first-order valence-corrected chi connectivity index (χ1v) is 9.74. The van der Waals surface area contributed by atoms with Gasteiger partial charge in [0, 0.05) is 33.3 Å². The summed E-state index contributed by atoms with van der Waals surface area (Å²) in [6.45, 7) is 6.49. The number of rotatable bonds is 6. The van der Waals surface area contributed by atoms with E-state index in [9.17, 15) is 0 Å². The van der Waals surface area contributed by atoms with Gasteiger partial charge in [-0.15, -0.1) is 0 Å². The van der Waals surface area contributed by atoms with E-state index in [1.54, 1.807) is 11.0 Å². The molecule has 0 amide bonds. The molecule has 1 aromatic heterocycles. The van der Waals surface area contributed by atoms with Crippen LogP contribution in [0.5, 0.6) is 0 Å². The Bertz CT molecular complexity index is 544. The number of aryl methyl sites for hydroxylation is 1. The number of ether oxygens (including phenoxy) is 1. The summed E-state index contributed by atoms with van der Waals surface area (Å²) in [5.74, 6) is 2.66. The van der Waals surface area contributed by atoms with Crippen molar-refractivity contribution < 1.29 is 4.74 Å². The van der Waals surface area contributed by atoms with E-state index >= 15 is 0 Å². The molecule has 0 bridgehead atoms. The minimum absolute atomic E-state index is 0.415. The van der Waals surface area contributed by atoms with E-state index in [2.05, 4.69) is 27.2 Å². The van der Waals surface area contributed by atoms with Crippen molar-refractivity contribution in [2.45, 2.75) is 58.1 Å². The molecular formula is C18H32N6O. The van der Waals surface area contributed by atoms with Gasteiger partial charge in [0.25, 0.3) is 0 Å². The van der Waals surface area contributed by atoms with Crippen LogP contribution in [-0.4, -0.2) is 58.0 Å². The number of hydrogen-bond acceptors (Lipinski definition) is 4. The lowest BCUT2D eigenvalue weighted by molar-refractivity contribution is 0.00101. The van der Waals surface area contributed by atoms with Gasteiger partial charge in [-0.05, 0) is 38.5 Å². The molecule has 1 saturated carbocycles. The van der Waals surface area contributed by atoms with Gasteiger partial charge in [0.05, 0.1) is 6.10 Å². The Balaban J connectivity index is 1.47. The number of hydrogen-bond donors (Lipinski definition) is 1. The highest BCUT2D eigenvalue weighted by Gasteiger charge is 2.24. The van der Waals surface area contributed by atoms with E-state index in [-0.39, 0.29) is 0 Å². The lowest BCUT2D eigenvalue weighted by Crippen LogP contribution is -2.47. The van der Waals surface area contributed by atoms with Crippen molar-refractivity contribution in [1.82, 2.24) is 25.0 Å². The van der Waals surface area contributed by atoms with Crippen LogP contribution in [-0.2, 0) is 18.3 Å². The third-order valence-corrected chi connectivity index (χ3v) is 5.29. The molecule has 25 heavy (non-hydrogen) atoms. The molecule has 3 rings (SSSR count). The molecular weight excluding hydrogens is 316 g/mol. The maximum Gasteiger partial charge on any atom is 0.194 e. The van der Waals surface area contributed by atoms with E-state index in [0.29, 0.717) is 12.6 Å². The standard InChI is InChI=1S/C18H32N6O/c1-3-19-18(20-12-17-21-14-22-23(17)2)24-10-8-16(9-11-24)25-13-15-6-4-5-7-15/h14-16H,3-13H2,1-2H3,(H,19,20). The molecule has 1 aliphatic heterocycles.